The van der Waals surface area contributed by atoms with Crippen LogP contribution in [0.25, 0.3) is 32.0 Å². The fourth-order valence-corrected chi connectivity index (χ4v) is 7.08. The average molecular weight is 676 g/mol. The third-order valence-electron chi connectivity index (χ3n) is 5.72. The van der Waals surface area contributed by atoms with Crippen LogP contribution in [0.15, 0.2) is 122 Å². The first-order chi connectivity index (χ1) is 22.7. The summed E-state index contributed by atoms with van der Waals surface area (Å²) in [5.74, 6) is 2.92. The number of carbonyl (C=O) groups is 1. The molecule has 0 aliphatic rings. The Labute approximate surface area is 286 Å². The molecule has 0 saturated carbocycles. The van der Waals surface area contributed by atoms with E-state index in [0.717, 1.165) is 44.9 Å². The number of pyridine rings is 1. The standard InChI is InChI=1S/C23H24N4O2S3.C7H5N.C7H4/c1-4-5-11-32(29)23-19(24)18-16(14-7-6-8-15(12-14)22(28)27(2)3)13-17(26-21(18)31-23)20-25-9-10-30-20;1-3-4-5-6-7-8-2;1-3-5-7-6-4-2/h6-10,12-13H,4-5,11,24H2,1-3H3;1H2,2H3;1-2H2. The zero-order chi connectivity index (χ0) is 34.6. The first kappa shape index (κ1) is 37.8. The number of aliphatic imine (C=N–C) groups is 1. The maximum Gasteiger partial charge on any atom is 0.253 e. The Morgan fingerprint density at radius 2 is 1.72 bits per heavy atom. The molecule has 1 unspecified atom stereocenters. The van der Waals surface area contributed by atoms with Gasteiger partial charge in [0, 0.05) is 66.8 Å². The van der Waals surface area contributed by atoms with Gasteiger partial charge in [0.2, 0.25) is 0 Å². The lowest BCUT2D eigenvalue weighted by molar-refractivity contribution is 0.0827. The van der Waals surface area contributed by atoms with Gasteiger partial charge in [0.15, 0.2) is 0 Å². The zero-order valence-corrected chi connectivity index (χ0v) is 29.1. The van der Waals surface area contributed by atoms with Crippen LogP contribution in [0.4, 0.5) is 5.69 Å². The molecule has 0 radical (unpaired) electrons. The number of anilines is 1. The lowest BCUT2D eigenvalue weighted by Crippen LogP contribution is -2.21. The Balaban J connectivity index is 0.000000426. The van der Waals surface area contributed by atoms with Crippen LogP contribution in [0.1, 0.15) is 30.1 Å². The molecule has 1 amide bonds. The van der Waals surface area contributed by atoms with Crippen molar-refractivity contribution in [2.45, 2.75) is 24.0 Å². The van der Waals surface area contributed by atoms with Crippen molar-refractivity contribution in [3.05, 3.63) is 119 Å². The number of nitrogen functional groups attached to an aromatic ring is 1. The minimum absolute atomic E-state index is 0.0723. The van der Waals surface area contributed by atoms with E-state index in [1.54, 1.807) is 38.3 Å². The van der Waals surface area contributed by atoms with E-state index in [4.69, 9.17) is 10.7 Å². The molecule has 10 heteroatoms. The number of amides is 1. The van der Waals surface area contributed by atoms with Crippen LogP contribution >= 0.6 is 22.7 Å². The van der Waals surface area contributed by atoms with Crippen molar-refractivity contribution in [2.75, 3.05) is 32.6 Å². The smallest absolute Gasteiger partial charge is 0.253 e. The Bertz CT molecular complexity index is 2110. The number of fused-ring (bicyclic) bond motifs is 1. The van der Waals surface area contributed by atoms with Crippen molar-refractivity contribution in [1.82, 2.24) is 14.9 Å². The molecule has 2 N–H and O–H groups in total. The Morgan fingerprint density at radius 3 is 2.30 bits per heavy atom. The van der Waals surface area contributed by atoms with Crippen LogP contribution in [0.3, 0.4) is 0 Å². The van der Waals surface area contributed by atoms with Crippen LogP contribution in [-0.4, -0.2) is 57.7 Å². The summed E-state index contributed by atoms with van der Waals surface area (Å²) in [5, 5.41) is 3.49. The van der Waals surface area contributed by atoms with Gasteiger partial charge in [-0.1, -0.05) is 42.7 Å². The first-order valence-corrected chi connectivity index (χ1v) is 17.0. The molecule has 1 aromatic carbocycles. The molecule has 0 bridgehead atoms. The molecule has 3 aromatic heterocycles. The molecule has 7 nitrogen and oxygen atoms in total. The topological polar surface area (TPSA) is 102 Å². The molecule has 1 atom stereocenters. The molecule has 4 aromatic rings. The molecule has 0 aliphatic heterocycles. The Hall–Kier alpha value is -5.41. The molecule has 3 heterocycles. The van der Waals surface area contributed by atoms with Crippen LogP contribution in [0.2, 0.25) is 0 Å². The van der Waals surface area contributed by atoms with E-state index in [9.17, 15) is 9.00 Å². The van der Waals surface area contributed by atoms with Crippen molar-refractivity contribution in [3.8, 4) is 21.8 Å². The van der Waals surface area contributed by atoms with E-state index in [0.29, 0.717) is 21.2 Å². The third kappa shape index (κ3) is 11.5. The van der Waals surface area contributed by atoms with Crippen molar-refractivity contribution < 1.29 is 9.00 Å². The highest BCUT2D eigenvalue weighted by Crippen LogP contribution is 2.43. The quantitative estimate of drug-likeness (QED) is 0.158. The highest BCUT2D eigenvalue weighted by atomic mass is 32.2. The van der Waals surface area contributed by atoms with E-state index >= 15 is 0 Å². The summed E-state index contributed by atoms with van der Waals surface area (Å²) in [5.41, 5.74) is 31.8. The van der Waals surface area contributed by atoms with Gasteiger partial charge in [-0.3, -0.25) is 9.00 Å². The van der Waals surface area contributed by atoms with Crippen LogP contribution in [0.5, 0.6) is 0 Å². The lowest BCUT2D eigenvalue weighted by Gasteiger charge is -2.12. The van der Waals surface area contributed by atoms with Crippen LogP contribution in [-0.2, 0) is 10.8 Å². The number of carbonyl (C=O) groups excluding carboxylic acids is 1. The number of thiazole rings is 1. The number of nitrogens with two attached hydrogens (primary N) is 1. The maximum absolute atomic E-state index is 12.9. The summed E-state index contributed by atoms with van der Waals surface area (Å²) in [6.45, 7) is 11.8. The summed E-state index contributed by atoms with van der Waals surface area (Å²) in [6, 6.07) is 9.45. The molecular formula is C37H33N5O2S3. The first-order valence-electron chi connectivity index (χ1n) is 14.0. The van der Waals surface area contributed by atoms with Gasteiger partial charge >= 0.3 is 0 Å². The fraction of sp³-hybridized carbons (Fsp3) is 0.189. The van der Waals surface area contributed by atoms with Gasteiger partial charge in [-0.2, -0.15) is 0 Å². The van der Waals surface area contributed by atoms with Gasteiger partial charge < -0.3 is 10.6 Å². The molecule has 0 fully saturated rings. The Kier molecular flexibility index (Phi) is 16.5. The highest BCUT2D eigenvalue weighted by Gasteiger charge is 2.22. The number of rotatable bonds is 7. The SMILES string of the molecule is C=C=C=C=C=C=C.C=C=C=C=C=C=NC.CCCCS(=O)c1sc2nc(-c3nccs3)cc(-c3cccc(C(=O)N(C)C)c3)c2c1N. The number of unbranched alkanes of at least 4 members (excludes halogenated alkanes) is 1. The summed E-state index contributed by atoms with van der Waals surface area (Å²) < 4.78 is 13.6. The highest BCUT2D eigenvalue weighted by molar-refractivity contribution is 7.87. The summed E-state index contributed by atoms with van der Waals surface area (Å²) in [7, 11) is 3.89. The van der Waals surface area contributed by atoms with Crippen molar-refractivity contribution in [1.29, 1.82) is 0 Å². The van der Waals surface area contributed by atoms with Crippen molar-refractivity contribution >= 4 is 61.2 Å². The number of nitrogens with zero attached hydrogens (tertiary/aromatic N) is 4. The van der Waals surface area contributed by atoms with Gasteiger partial charge in [0.25, 0.3) is 5.91 Å². The molecule has 4 rings (SSSR count). The van der Waals surface area contributed by atoms with Crippen LogP contribution < -0.4 is 5.73 Å². The minimum Gasteiger partial charge on any atom is -0.396 e. The number of hydrogen-bond donors (Lipinski definition) is 1. The summed E-state index contributed by atoms with van der Waals surface area (Å²) >= 11 is 2.89. The van der Waals surface area contributed by atoms with E-state index in [1.165, 1.54) is 22.7 Å². The molecule has 0 spiro atoms. The van der Waals surface area contributed by atoms with Gasteiger partial charge in [0.05, 0.1) is 16.5 Å². The monoisotopic (exact) mass is 675 g/mol. The summed E-state index contributed by atoms with van der Waals surface area (Å²) in [6.07, 6.45) is 3.59. The maximum atomic E-state index is 12.9. The van der Waals surface area contributed by atoms with E-state index in [1.807, 2.05) is 29.6 Å². The fourth-order valence-electron chi connectivity index (χ4n) is 3.68. The second-order valence-corrected chi connectivity index (χ2v) is 12.8. The molecule has 0 aliphatic carbocycles. The van der Waals surface area contributed by atoms with Crippen molar-refractivity contribution in [2.24, 2.45) is 4.99 Å². The molecule has 47 heavy (non-hydrogen) atoms. The zero-order valence-electron chi connectivity index (χ0n) is 26.7. The predicted molar refractivity (Wildman–Crippen MR) is 197 cm³/mol. The minimum atomic E-state index is -1.17. The normalized spacial score (nSPS) is 9.53. The van der Waals surface area contributed by atoms with Gasteiger partial charge in [-0.25, -0.2) is 15.0 Å². The molecule has 0 saturated heterocycles. The number of aromatic nitrogens is 2. The lowest BCUT2D eigenvalue weighted by atomic mass is 9.99. The van der Waals surface area contributed by atoms with Gasteiger partial charge in [0.1, 0.15) is 19.7 Å². The number of hydrogen-bond acceptors (Lipinski definition) is 8. The predicted octanol–water partition coefficient (Wildman–Crippen LogP) is 7.95. The van der Waals surface area contributed by atoms with E-state index in [-0.39, 0.29) is 5.91 Å². The van der Waals surface area contributed by atoms with Crippen LogP contribution in [0, 0.1) is 0 Å². The number of benzene rings is 1. The van der Waals surface area contributed by atoms with Crippen molar-refractivity contribution in [3.63, 3.8) is 0 Å². The van der Waals surface area contributed by atoms with E-state index in [2.05, 4.69) is 94.1 Å². The summed E-state index contributed by atoms with van der Waals surface area (Å²) in [4.78, 5) is 27.5. The average Bonchev–Trinajstić information content (AvgIpc) is 3.74. The number of thiophene rings is 1. The Morgan fingerprint density at radius 1 is 1.04 bits per heavy atom. The largest absolute Gasteiger partial charge is 0.396 e. The van der Waals surface area contributed by atoms with E-state index < -0.39 is 10.8 Å². The second-order valence-electron chi connectivity index (χ2n) is 9.17. The van der Waals surface area contributed by atoms with Gasteiger partial charge in [-0.05, 0) is 78.4 Å². The van der Waals surface area contributed by atoms with Gasteiger partial charge in [-0.15, -0.1) is 22.7 Å². The molecule has 236 valence electrons. The third-order valence-corrected chi connectivity index (χ3v) is 9.51. The molecular weight excluding hydrogens is 643 g/mol. The second kappa shape index (κ2) is 20.6.